The summed E-state index contributed by atoms with van der Waals surface area (Å²) in [5, 5.41) is 10.8. The fourth-order valence-electron chi connectivity index (χ4n) is 6.72. The molecule has 6 nitrogen and oxygen atoms in total. The van der Waals surface area contributed by atoms with Crippen molar-refractivity contribution in [3.63, 3.8) is 0 Å². The first kappa shape index (κ1) is 29.9. The molecular weight excluding hydrogens is 590 g/mol. The molecule has 1 saturated carbocycles. The van der Waals surface area contributed by atoms with E-state index in [2.05, 4.69) is 24.0 Å². The Balaban J connectivity index is 1.19. The molecule has 0 bridgehead atoms. The van der Waals surface area contributed by atoms with Gasteiger partial charge in [-0.25, -0.2) is 9.18 Å². The van der Waals surface area contributed by atoms with Crippen molar-refractivity contribution in [3.8, 4) is 5.75 Å². The van der Waals surface area contributed by atoms with Gasteiger partial charge in [-0.15, -0.1) is 0 Å². The van der Waals surface area contributed by atoms with E-state index in [1.165, 1.54) is 11.0 Å². The van der Waals surface area contributed by atoms with Crippen molar-refractivity contribution in [2.24, 2.45) is 11.3 Å². The van der Waals surface area contributed by atoms with E-state index >= 15 is 4.39 Å². The van der Waals surface area contributed by atoms with E-state index in [1.54, 1.807) is 12.1 Å². The Labute approximate surface area is 261 Å². The summed E-state index contributed by atoms with van der Waals surface area (Å²) in [6, 6.07) is 17.8. The maximum atomic E-state index is 15.5. The molecule has 2 saturated heterocycles. The number of nitrogens with zero attached hydrogens (tertiary/aromatic N) is 2. The molecular formula is C34H35Cl2FN2O4. The highest BCUT2D eigenvalue weighted by Crippen LogP contribution is 2.47. The molecule has 226 valence electrons. The van der Waals surface area contributed by atoms with Gasteiger partial charge in [-0.3, -0.25) is 9.69 Å². The van der Waals surface area contributed by atoms with Gasteiger partial charge in [0.25, 0.3) is 5.91 Å². The van der Waals surface area contributed by atoms with Crippen LogP contribution in [0.2, 0.25) is 10.0 Å². The second kappa shape index (κ2) is 11.8. The molecule has 1 N–H and O–H groups in total. The van der Waals surface area contributed by atoms with Gasteiger partial charge in [0.1, 0.15) is 17.6 Å². The van der Waals surface area contributed by atoms with Crippen LogP contribution in [0.5, 0.6) is 5.75 Å². The highest BCUT2D eigenvalue weighted by molar-refractivity contribution is 6.34. The molecule has 6 rings (SSSR count). The molecule has 0 spiro atoms. The van der Waals surface area contributed by atoms with Crippen molar-refractivity contribution in [2.45, 2.75) is 51.1 Å². The van der Waals surface area contributed by atoms with Crippen LogP contribution in [0.3, 0.4) is 0 Å². The number of benzene rings is 3. The van der Waals surface area contributed by atoms with Crippen molar-refractivity contribution >= 4 is 35.1 Å². The number of halogens is 3. The fraction of sp³-hybridized carbons (Fsp3) is 0.412. The molecule has 3 aromatic rings. The first-order chi connectivity index (χ1) is 20.5. The maximum absolute atomic E-state index is 15.5. The topological polar surface area (TPSA) is 70.1 Å². The first-order valence-electron chi connectivity index (χ1n) is 14.8. The average molecular weight is 626 g/mol. The van der Waals surface area contributed by atoms with Gasteiger partial charge in [-0.05, 0) is 72.1 Å². The van der Waals surface area contributed by atoms with E-state index < -0.39 is 23.7 Å². The van der Waals surface area contributed by atoms with Crippen LogP contribution >= 0.6 is 23.2 Å². The van der Waals surface area contributed by atoms with E-state index in [4.69, 9.17) is 27.9 Å². The van der Waals surface area contributed by atoms with Crippen molar-refractivity contribution in [1.82, 2.24) is 9.80 Å². The number of hydrogen-bond donors (Lipinski definition) is 1. The van der Waals surface area contributed by atoms with E-state index in [9.17, 15) is 14.7 Å². The predicted molar refractivity (Wildman–Crippen MR) is 165 cm³/mol. The second-order valence-corrected chi connectivity index (χ2v) is 13.6. The number of amides is 1. The minimum absolute atomic E-state index is 0.0295. The number of aliphatic carboxylic acids is 1. The number of carboxylic acid groups (broad SMARTS) is 1. The number of likely N-dealkylation sites (tertiary alicyclic amines) is 2. The van der Waals surface area contributed by atoms with E-state index in [1.807, 2.05) is 37.3 Å². The van der Waals surface area contributed by atoms with Crippen LogP contribution in [0.25, 0.3) is 0 Å². The van der Waals surface area contributed by atoms with Gasteiger partial charge in [0.15, 0.2) is 0 Å². The van der Waals surface area contributed by atoms with E-state index in [-0.39, 0.29) is 28.9 Å². The Morgan fingerprint density at radius 3 is 2.33 bits per heavy atom. The van der Waals surface area contributed by atoms with Crippen LogP contribution in [-0.4, -0.2) is 59.1 Å². The third kappa shape index (κ3) is 6.13. The summed E-state index contributed by atoms with van der Waals surface area (Å²) < 4.78 is 21.8. The highest BCUT2D eigenvalue weighted by Gasteiger charge is 2.44. The molecule has 0 unspecified atom stereocenters. The normalized spacial score (nSPS) is 22.2. The van der Waals surface area contributed by atoms with Crippen LogP contribution in [0.1, 0.15) is 72.1 Å². The van der Waals surface area contributed by atoms with Gasteiger partial charge >= 0.3 is 5.97 Å². The third-order valence-electron chi connectivity index (χ3n) is 8.99. The lowest BCUT2D eigenvalue weighted by atomic mass is 9.79. The van der Waals surface area contributed by atoms with Gasteiger partial charge < -0.3 is 14.7 Å². The maximum Gasteiger partial charge on any atom is 0.326 e. The molecule has 9 heteroatoms. The van der Waals surface area contributed by atoms with Crippen LogP contribution in [0, 0.1) is 17.2 Å². The van der Waals surface area contributed by atoms with E-state index in [0.29, 0.717) is 35.4 Å². The predicted octanol–water partition coefficient (Wildman–Crippen LogP) is 7.44. The third-order valence-corrected chi connectivity index (χ3v) is 9.42. The Kier molecular flexibility index (Phi) is 8.18. The minimum atomic E-state index is -1.06. The quantitative estimate of drug-likeness (QED) is 0.268. The van der Waals surface area contributed by atoms with Crippen molar-refractivity contribution in [2.75, 3.05) is 26.2 Å². The van der Waals surface area contributed by atoms with Gasteiger partial charge in [0.2, 0.25) is 0 Å². The number of ether oxygens (including phenoxy) is 1. The number of rotatable bonds is 9. The van der Waals surface area contributed by atoms with Crippen LogP contribution < -0.4 is 4.74 Å². The number of hydrogen-bond acceptors (Lipinski definition) is 4. The van der Waals surface area contributed by atoms with Crippen LogP contribution in [0.4, 0.5) is 4.39 Å². The molecule has 3 aliphatic rings. The fourth-order valence-corrected chi connectivity index (χ4v) is 7.27. The molecule has 2 heterocycles. The van der Waals surface area contributed by atoms with Gasteiger partial charge in [-0.2, -0.15) is 0 Å². The molecule has 1 aliphatic carbocycles. The average Bonchev–Trinajstić information content (AvgIpc) is 3.71. The van der Waals surface area contributed by atoms with Crippen LogP contribution in [-0.2, 0) is 4.79 Å². The van der Waals surface area contributed by atoms with Crippen molar-refractivity contribution in [3.05, 3.63) is 98.8 Å². The summed E-state index contributed by atoms with van der Waals surface area (Å²) in [6.45, 7) is 6.15. The zero-order valence-corrected chi connectivity index (χ0v) is 25.7. The summed E-state index contributed by atoms with van der Waals surface area (Å²) in [5.41, 5.74) is 2.71. The lowest BCUT2D eigenvalue weighted by Gasteiger charge is -2.51. The minimum Gasteiger partial charge on any atom is -0.493 e. The molecule has 3 fully saturated rings. The summed E-state index contributed by atoms with van der Waals surface area (Å²) in [4.78, 5) is 28.8. The Bertz CT molecular complexity index is 1520. The lowest BCUT2D eigenvalue weighted by molar-refractivity contribution is -0.142. The summed E-state index contributed by atoms with van der Waals surface area (Å²) in [6.07, 6.45) is 2.46. The lowest BCUT2D eigenvalue weighted by Crippen LogP contribution is -2.58. The van der Waals surface area contributed by atoms with Crippen LogP contribution in [0.15, 0.2) is 60.7 Å². The summed E-state index contributed by atoms with van der Waals surface area (Å²) in [7, 11) is 0. The smallest absolute Gasteiger partial charge is 0.326 e. The molecule has 3 atom stereocenters. The number of carboxylic acids is 1. The number of carbonyl (C=O) groups is 2. The zero-order valence-electron chi connectivity index (χ0n) is 24.2. The number of carbonyl (C=O) groups excluding carboxylic acids is 1. The Morgan fingerprint density at radius 1 is 1.02 bits per heavy atom. The summed E-state index contributed by atoms with van der Waals surface area (Å²) >= 11 is 12.7. The molecule has 1 amide bonds. The summed E-state index contributed by atoms with van der Waals surface area (Å²) in [5.74, 6) is -1.84. The molecule has 0 radical (unpaired) electrons. The van der Waals surface area contributed by atoms with Gasteiger partial charge in [-0.1, -0.05) is 67.4 Å². The van der Waals surface area contributed by atoms with Gasteiger partial charge in [0, 0.05) is 41.2 Å². The van der Waals surface area contributed by atoms with E-state index in [0.717, 1.165) is 42.6 Å². The van der Waals surface area contributed by atoms with Crippen molar-refractivity contribution < 1.29 is 23.8 Å². The molecule has 43 heavy (non-hydrogen) atoms. The van der Waals surface area contributed by atoms with Crippen molar-refractivity contribution in [1.29, 1.82) is 0 Å². The first-order valence-corrected chi connectivity index (χ1v) is 15.5. The Hall–Kier alpha value is -3.13. The highest BCUT2D eigenvalue weighted by atomic mass is 35.5. The largest absolute Gasteiger partial charge is 0.493 e. The molecule has 0 aromatic heterocycles. The second-order valence-electron chi connectivity index (χ2n) is 12.7. The van der Waals surface area contributed by atoms with Gasteiger partial charge in [0.05, 0.1) is 18.2 Å². The SMILES string of the molecule is C[C@H]1CCN(C(=O)c2cc(C3CC3)c(OCC3(C)CN([C@@H](c4ccccc4)c4cc(Cl)cc(Cl)c4)C3)cc2F)[C@@H]1C(=O)O. The molecule has 3 aromatic carbocycles. The molecule has 2 aliphatic heterocycles. The standard InChI is InChI=1S/C34H35Cl2FN2O4/c1-20-10-11-39(30(20)33(41)42)32(40)27-15-26(21-8-9-21)29(16-28(27)37)43-19-34(2)17-38(18-34)31(22-6-4-3-5-7-22)23-12-24(35)14-25(36)13-23/h3-7,12-16,20-21,30-31H,8-11,17-19H2,1-2H3,(H,41,42)/t20-,30-,31-/m0/s1. The monoisotopic (exact) mass is 624 g/mol. The Morgan fingerprint density at radius 2 is 1.70 bits per heavy atom. The zero-order chi connectivity index (χ0) is 30.5.